The predicted molar refractivity (Wildman–Crippen MR) is 101 cm³/mol. The second kappa shape index (κ2) is 6.97. The number of benzene rings is 1. The van der Waals surface area contributed by atoms with Crippen LogP contribution in [-0.4, -0.2) is 39.1 Å². The lowest BCUT2D eigenvalue weighted by atomic mass is 9.99. The van der Waals surface area contributed by atoms with Crippen LogP contribution in [0.5, 0.6) is 5.75 Å². The number of carbonyl (C=O) groups is 1. The maximum atomic E-state index is 13.2. The summed E-state index contributed by atoms with van der Waals surface area (Å²) in [6.07, 6.45) is 0. The van der Waals surface area contributed by atoms with Crippen molar-refractivity contribution in [3.63, 3.8) is 0 Å². The van der Waals surface area contributed by atoms with Crippen molar-refractivity contribution in [3.05, 3.63) is 51.5 Å². The van der Waals surface area contributed by atoms with Crippen molar-refractivity contribution >= 4 is 18.5 Å². The van der Waals surface area contributed by atoms with Crippen LogP contribution in [0.3, 0.4) is 0 Å². The molecule has 1 aromatic carbocycles. The number of hydrogen-bond donors (Lipinski definition) is 3. The molecule has 0 radical (unpaired) electrons. The Morgan fingerprint density at radius 1 is 1.41 bits per heavy atom. The topological polar surface area (TPSA) is 87.5 Å². The molecule has 2 N–H and O–H groups in total. The Morgan fingerprint density at radius 2 is 2.11 bits per heavy atom. The summed E-state index contributed by atoms with van der Waals surface area (Å²) >= 11 is 4.18. The first kappa shape index (κ1) is 19.4. The van der Waals surface area contributed by atoms with Crippen LogP contribution in [0.4, 0.5) is 4.39 Å². The smallest absolute Gasteiger partial charge is 0.296 e. The Kier molecular flexibility index (Phi) is 5.00. The number of likely N-dealkylation sites (N-methyl/N-ethyl adjacent to an activating group) is 1. The molecule has 1 aliphatic heterocycles. The van der Waals surface area contributed by atoms with Crippen molar-refractivity contribution in [1.29, 1.82) is 0 Å². The van der Waals surface area contributed by atoms with E-state index in [2.05, 4.69) is 22.9 Å². The van der Waals surface area contributed by atoms with E-state index in [1.807, 2.05) is 25.8 Å². The van der Waals surface area contributed by atoms with Crippen LogP contribution in [0, 0.1) is 5.82 Å². The zero-order valence-electron chi connectivity index (χ0n) is 15.3. The SMILES string of the molecule is CN1CCn2c(nc(C(=O)NCc3ccc(F)cc3S)c(O)c2=O)C1(C)C. The summed E-state index contributed by atoms with van der Waals surface area (Å²) in [6, 6.07) is 4.01. The maximum absolute atomic E-state index is 13.2. The molecule has 0 aliphatic carbocycles. The van der Waals surface area contributed by atoms with Gasteiger partial charge in [0.25, 0.3) is 11.5 Å². The van der Waals surface area contributed by atoms with Crippen LogP contribution in [0.15, 0.2) is 27.9 Å². The molecule has 2 aromatic rings. The molecule has 0 saturated carbocycles. The average Bonchev–Trinajstić information content (AvgIpc) is 2.60. The molecule has 0 saturated heterocycles. The van der Waals surface area contributed by atoms with Crippen LogP contribution >= 0.6 is 12.6 Å². The fraction of sp³-hybridized carbons (Fsp3) is 0.389. The third kappa shape index (κ3) is 3.44. The van der Waals surface area contributed by atoms with Gasteiger partial charge in [0.05, 0.1) is 5.54 Å². The van der Waals surface area contributed by atoms with Gasteiger partial charge in [-0.1, -0.05) is 6.07 Å². The summed E-state index contributed by atoms with van der Waals surface area (Å²) in [7, 11) is 1.91. The van der Waals surface area contributed by atoms with Gasteiger partial charge in [0, 0.05) is 24.5 Å². The summed E-state index contributed by atoms with van der Waals surface area (Å²) < 4.78 is 14.6. The first-order valence-corrected chi connectivity index (χ1v) is 8.88. The monoisotopic (exact) mass is 392 g/mol. The summed E-state index contributed by atoms with van der Waals surface area (Å²) in [5.41, 5.74) is -0.933. The molecule has 0 fully saturated rings. The minimum absolute atomic E-state index is 0.0563. The minimum Gasteiger partial charge on any atom is -0.501 e. The molecule has 0 unspecified atom stereocenters. The average molecular weight is 392 g/mol. The van der Waals surface area contributed by atoms with Crippen molar-refractivity contribution in [3.8, 4) is 5.75 Å². The van der Waals surface area contributed by atoms with Crippen molar-refractivity contribution in [1.82, 2.24) is 19.8 Å². The molecule has 0 bridgehead atoms. The molecule has 9 heteroatoms. The largest absolute Gasteiger partial charge is 0.501 e. The second-order valence-corrected chi connectivity index (χ2v) is 7.51. The lowest BCUT2D eigenvalue weighted by molar-refractivity contribution is 0.0919. The molecule has 3 rings (SSSR count). The Balaban J connectivity index is 1.92. The van der Waals surface area contributed by atoms with Gasteiger partial charge in [-0.15, -0.1) is 12.6 Å². The van der Waals surface area contributed by atoms with E-state index in [0.717, 1.165) is 0 Å². The summed E-state index contributed by atoms with van der Waals surface area (Å²) in [4.78, 5) is 31.8. The van der Waals surface area contributed by atoms with Crippen LogP contribution in [0.1, 0.15) is 35.7 Å². The molecule has 1 amide bonds. The first-order chi connectivity index (χ1) is 12.6. The first-order valence-electron chi connectivity index (χ1n) is 8.44. The van der Waals surface area contributed by atoms with E-state index in [1.54, 1.807) is 0 Å². The van der Waals surface area contributed by atoms with E-state index in [4.69, 9.17) is 0 Å². The van der Waals surface area contributed by atoms with Crippen LogP contribution in [0.2, 0.25) is 0 Å². The number of thiol groups is 1. The quantitative estimate of drug-likeness (QED) is 0.689. The second-order valence-electron chi connectivity index (χ2n) is 7.03. The number of rotatable bonds is 3. The number of halogens is 1. The summed E-state index contributed by atoms with van der Waals surface area (Å²) in [6.45, 7) is 4.86. The minimum atomic E-state index is -0.686. The van der Waals surface area contributed by atoms with Gasteiger partial charge in [-0.3, -0.25) is 19.1 Å². The highest BCUT2D eigenvalue weighted by Gasteiger charge is 2.36. The van der Waals surface area contributed by atoms with Crippen molar-refractivity contribution in [2.45, 2.75) is 37.4 Å². The van der Waals surface area contributed by atoms with E-state index in [-0.39, 0.29) is 12.2 Å². The highest BCUT2D eigenvalue weighted by Crippen LogP contribution is 2.29. The van der Waals surface area contributed by atoms with Gasteiger partial charge >= 0.3 is 0 Å². The summed E-state index contributed by atoms with van der Waals surface area (Å²) in [5.74, 6) is -1.37. The number of amides is 1. The van der Waals surface area contributed by atoms with E-state index in [9.17, 15) is 19.1 Å². The Bertz CT molecular complexity index is 974. The molecule has 2 heterocycles. The third-order valence-electron chi connectivity index (χ3n) is 5.01. The lowest BCUT2D eigenvalue weighted by Crippen LogP contribution is -2.51. The molecule has 1 aliphatic rings. The molecule has 1 aromatic heterocycles. The zero-order chi connectivity index (χ0) is 19.9. The van der Waals surface area contributed by atoms with Gasteiger partial charge in [-0.05, 0) is 38.6 Å². The lowest BCUT2D eigenvalue weighted by Gasteiger charge is -2.40. The highest BCUT2D eigenvalue weighted by molar-refractivity contribution is 7.80. The molecule has 0 atom stereocenters. The number of aromatic nitrogens is 2. The summed E-state index contributed by atoms with van der Waals surface area (Å²) in [5, 5.41) is 12.8. The number of hydrogen-bond acceptors (Lipinski definition) is 6. The van der Waals surface area contributed by atoms with Gasteiger partial charge in [0.15, 0.2) is 5.69 Å². The number of fused-ring (bicyclic) bond motifs is 1. The Morgan fingerprint density at radius 3 is 2.78 bits per heavy atom. The highest BCUT2D eigenvalue weighted by atomic mass is 32.1. The number of nitrogens with one attached hydrogen (secondary N) is 1. The van der Waals surface area contributed by atoms with Gasteiger partial charge < -0.3 is 10.4 Å². The van der Waals surface area contributed by atoms with Crippen LogP contribution in [0.25, 0.3) is 0 Å². The molecular weight excluding hydrogens is 371 g/mol. The van der Waals surface area contributed by atoms with Crippen LogP contribution in [-0.2, 0) is 18.6 Å². The van der Waals surface area contributed by atoms with Gasteiger partial charge in [0.1, 0.15) is 11.6 Å². The van der Waals surface area contributed by atoms with Crippen molar-refractivity contribution in [2.75, 3.05) is 13.6 Å². The number of nitrogens with zero attached hydrogens (tertiary/aromatic N) is 3. The fourth-order valence-corrected chi connectivity index (χ4v) is 3.30. The third-order valence-corrected chi connectivity index (χ3v) is 5.42. The molecule has 27 heavy (non-hydrogen) atoms. The van der Waals surface area contributed by atoms with E-state index >= 15 is 0 Å². The molecule has 0 spiro atoms. The predicted octanol–water partition coefficient (Wildman–Crippen LogP) is 1.49. The molecular formula is C18H21FN4O3S. The normalized spacial score (nSPS) is 16.0. The molecule has 144 valence electrons. The Labute approximate surface area is 161 Å². The van der Waals surface area contributed by atoms with Crippen molar-refractivity contribution in [2.24, 2.45) is 0 Å². The fourth-order valence-electron chi connectivity index (χ4n) is 3.02. The van der Waals surface area contributed by atoms with Crippen molar-refractivity contribution < 1.29 is 14.3 Å². The van der Waals surface area contributed by atoms with E-state index < -0.39 is 28.6 Å². The van der Waals surface area contributed by atoms with Gasteiger partial charge in [-0.25, -0.2) is 9.37 Å². The maximum Gasteiger partial charge on any atom is 0.296 e. The van der Waals surface area contributed by atoms with Gasteiger partial charge in [0.2, 0.25) is 5.75 Å². The van der Waals surface area contributed by atoms with Crippen LogP contribution < -0.4 is 10.9 Å². The van der Waals surface area contributed by atoms with E-state index in [1.165, 1.54) is 22.8 Å². The molecule has 7 nitrogen and oxygen atoms in total. The Hall–Kier alpha value is -2.39. The zero-order valence-corrected chi connectivity index (χ0v) is 16.2. The number of carbonyl (C=O) groups excluding carboxylic acids is 1. The van der Waals surface area contributed by atoms with E-state index in [0.29, 0.717) is 29.4 Å². The number of aromatic hydroxyl groups is 1. The standard InChI is InChI=1S/C18H21FN4O3S/c1-18(2)17-21-13(14(24)16(26)23(17)7-6-22(18)3)15(25)20-9-10-4-5-11(19)8-12(10)27/h4-5,8,24,27H,6-7,9H2,1-3H3,(H,20,25). The van der Waals surface area contributed by atoms with Gasteiger partial charge in [-0.2, -0.15) is 0 Å².